The molecule has 0 heterocycles. The van der Waals surface area contributed by atoms with Crippen LogP contribution in [0.2, 0.25) is 0 Å². The summed E-state index contributed by atoms with van der Waals surface area (Å²) in [6.45, 7) is 7.48. The number of amides is 2. The van der Waals surface area contributed by atoms with Crippen molar-refractivity contribution >= 4 is 33.2 Å². The minimum Gasteiger partial charge on any atom is -0.347 e. The Hall–Kier alpha value is -2.87. The van der Waals surface area contributed by atoms with Crippen molar-refractivity contribution in [3.63, 3.8) is 0 Å². The third-order valence-electron chi connectivity index (χ3n) is 3.79. The number of hydrogen-bond acceptors (Lipinski definition) is 4. The highest BCUT2D eigenvalue weighted by atomic mass is 32.2. The Kier molecular flexibility index (Phi) is 7.02. The molecular weight excluding hydrogens is 390 g/mol. The summed E-state index contributed by atoms with van der Waals surface area (Å²) in [6.07, 6.45) is 0.528. The zero-order valence-corrected chi connectivity index (χ0v) is 17.9. The third kappa shape index (κ3) is 7.23. The van der Waals surface area contributed by atoms with E-state index in [0.29, 0.717) is 28.9 Å². The molecule has 2 rings (SSSR count). The Morgan fingerprint density at radius 1 is 0.828 bits per heavy atom. The lowest BCUT2D eigenvalue weighted by Crippen LogP contribution is -2.40. The zero-order valence-electron chi connectivity index (χ0n) is 17.1. The maximum absolute atomic E-state index is 12.4. The van der Waals surface area contributed by atoms with Crippen LogP contribution in [-0.2, 0) is 10.0 Å². The number of sulfonamides is 1. The van der Waals surface area contributed by atoms with Crippen LogP contribution in [0.1, 0.15) is 54.8 Å². The van der Waals surface area contributed by atoms with Crippen molar-refractivity contribution in [3.8, 4) is 0 Å². The molecule has 0 aliphatic rings. The van der Waals surface area contributed by atoms with E-state index >= 15 is 0 Å². The summed E-state index contributed by atoms with van der Waals surface area (Å²) in [5.74, 6) is -0.479. The van der Waals surface area contributed by atoms with Crippen LogP contribution in [0.15, 0.2) is 48.5 Å². The second-order valence-corrected chi connectivity index (χ2v) is 9.58. The van der Waals surface area contributed by atoms with Gasteiger partial charge in [0.25, 0.3) is 11.8 Å². The molecule has 2 amide bonds. The van der Waals surface area contributed by atoms with Crippen molar-refractivity contribution in [2.75, 3.05) is 15.8 Å². The van der Waals surface area contributed by atoms with Gasteiger partial charge in [0.2, 0.25) is 10.0 Å². The lowest BCUT2D eigenvalue weighted by atomic mass is 10.1. The SMILES string of the molecule is CCCS(=O)(=O)Nc1ccc(NC(=O)c2ccc(C(=O)NC(C)(C)C)cc2)cc1. The first-order chi connectivity index (χ1) is 13.5. The van der Waals surface area contributed by atoms with E-state index in [2.05, 4.69) is 15.4 Å². The maximum Gasteiger partial charge on any atom is 0.255 e. The molecule has 29 heavy (non-hydrogen) atoms. The van der Waals surface area contributed by atoms with Gasteiger partial charge in [-0.3, -0.25) is 14.3 Å². The number of carbonyl (C=O) groups excluding carboxylic acids is 2. The fourth-order valence-electron chi connectivity index (χ4n) is 2.51. The van der Waals surface area contributed by atoms with Crippen LogP contribution >= 0.6 is 0 Å². The van der Waals surface area contributed by atoms with E-state index in [9.17, 15) is 18.0 Å². The largest absolute Gasteiger partial charge is 0.347 e. The van der Waals surface area contributed by atoms with Crippen LogP contribution in [0, 0.1) is 0 Å². The lowest BCUT2D eigenvalue weighted by molar-refractivity contribution is 0.0918. The molecule has 0 aliphatic heterocycles. The molecular formula is C21H27N3O4S. The summed E-state index contributed by atoms with van der Waals surface area (Å²) < 4.78 is 26.1. The fraction of sp³-hybridized carbons (Fsp3) is 0.333. The first-order valence-electron chi connectivity index (χ1n) is 9.33. The monoisotopic (exact) mass is 417 g/mol. The van der Waals surface area contributed by atoms with Crippen LogP contribution in [-0.4, -0.2) is 31.5 Å². The molecule has 0 saturated heterocycles. The van der Waals surface area contributed by atoms with Gasteiger partial charge in [-0.2, -0.15) is 0 Å². The fourth-order valence-corrected chi connectivity index (χ4v) is 3.64. The molecule has 0 aromatic heterocycles. The Bertz CT molecular complexity index is 960. The molecule has 0 aliphatic carbocycles. The molecule has 0 fully saturated rings. The van der Waals surface area contributed by atoms with Crippen LogP contribution in [0.4, 0.5) is 11.4 Å². The van der Waals surface area contributed by atoms with E-state index in [1.807, 2.05) is 20.8 Å². The molecule has 0 saturated carbocycles. The van der Waals surface area contributed by atoms with Crippen LogP contribution in [0.5, 0.6) is 0 Å². The van der Waals surface area contributed by atoms with Gasteiger partial charge in [0.05, 0.1) is 5.75 Å². The first kappa shape index (κ1) is 22.4. The molecule has 8 heteroatoms. The molecule has 2 aromatic carbocycles. The zero-order chi connectivity index (χ0) is 21.7. The highest BCUT2D eigenvalue weighted by Crippen LogP contribution is 2.16. The molecule has 2 aromatic rings. The summed E-state index contributed by atoms with van der Waals surface area (Å²) >= 11 is 0. The molecule has 156 valence electrons. The summed E-state index contributed by atoms with van der Waals surface area (Å²) in [5, 5.41) is 5.61. The normalized spacial score (nSPS) is 11.6. The minimum atomic E-state index is -3.36. The Morgan fingerprint density at radius 2 is 1.31 bits per heavy atom. The molecule has 3 N–H and O–H groups in total. The lowest BCUT2D eigenvalue weighted by Gasteiger charge is -2.20. The number of carbonyl (C=O) groups is 2. The molecule has 0 unspecified atom stereocenters. The summed E-state index contributed by atoms with van der Waals surface area (Å²) in [7, 11) is -3.36. The maximum atomic E-state index is 12.4. The average Bonchev–Trinajstić information content (AvgIpc) is 2.61. The standard InChI is InChI=1S/C21H27N3O4S/c1-5-14-29(27,28)24-18-12-10-17(11-13-18)22-19(25)15-6-8-16(9-7-15)20(26)23-21(2,3)4/h6-13,24H,5,14H2,1-4H3,(H,22,25)(H,23,26). The van der Waals surface area contributed by atoms with Gasteiger partial charge in [-0.1, -0.05) is 6.92 Å². The van der Waals surface area contributed by atoms with Crippen LogP contribution < -0.4 is 15.4 Å². The topological polar surface area (TPSA) is 104 Å². The van der Waals surface area contributed by atoms with E-state index in [1.54, 1.807) is 55.5 Å². The van der Waals surface area contributed by atoms with Crippen molar-refractivity contribution in [3.05, 3.63) is 59.7 Å². The van der Waals surface area contributed by atoms with Gasteiger partial charge >= 0.3 is 0 Å². The van der Waals surface area contributed by atoms with Gasteiger partial charge in [-0.05, 0) is 75.7 Å². The van der Waals surface area contributed by atoms with Crippen LogP contribution in [0.25, 0.3) is 0 Å². The van der Waals surface area contributed by atoms with Crippen molar-refractivity contribution in [2.24, 2.45) is 0 Å². The molecule has 7 nitrogen and oxygen atoms in total. The van der Waals surface area contributed by atoms with Crippen molar-refractivity contribution in [1.29, 1.82) is 0 Å². The Labute approximate surface area is 172 Å². The van der Waals surface area contributed by atoms with Crippen LogP contribution in [0.3, 0.4) is 0 Å². The van der Waals surface area contributed by atoms with Gasteiger partial charge in [0.1, 0.15) is 0 Å². The van der Waals surface area contributed by atoms with E-state index in [4.69, 9.17) is 0 Å². The van der Waals surface area contributed by atoms with Gasteiger partial charge in [-0.25, -0.2) is 8.42 Å². The number of rotatable bonds is 7. The predicted octanol–water partition coefficient (Wildman–Crippen LogP) is 3.62. The third-order valence-corrected chi connectivity index (χ3v) is 5.28. The first-order valence-corrected chi connectivity index (χ1v) is 11.0. The van der Waals surface area contributed by atoms with E-state index < -0.39 is 10.0 Å². The molecule has 0 atom stereocenters. The average molecular weight is 418 g/mol. The van der Waals surface area contributed by atoms with Crippen molar-refractivity contribution in [1.82, 2.24) is 5.32 Å². The smallest absolute Gasteiger partial charge is 0.255 e. The molecule has 0 bridgehead atoms. The van der Waals surface area contributed by atoms with E-state index in [-0.39, 0.29) is 23.1 Å². The van der Waals surface area contributed by atoms with Gasteiger partial charge < -0.3 is 10.6 Å². The number of hydrogen-bond donors (Lipinski definition) is 3. The number of benzene rings is 2. The van der Waals surface area contributed by atoms with Crippen molar-refractivity contribution < 1.29 is 18.0 Å². The van der Waals surface area contributed by atoms with Gasteiger partial charge in [0, 0.05) is 28.0 Å². The number of nitrogens with one attached hydrogen (secondary N) is 3. The Morgan fingerprint density at radius 3 is 1.79 bits per heavy atom. The summed E-state index contributed by atoms with van der Waals surface area (Å²) in [6, 6.07) is 12.8. The van der Waals surface area contributed by atoms with Gasteiger partial charge in [0.15, 0.2) is 0 Å². The molecule has 0 radical (unpaired) electrons. The summed E-state index contributed by atoms with van der Waals surface area (Å²) in [5.41, 5.74) is 1.50. The highest BCUT2D eigenvalue weighted by molar-refractivity contribution is 7.92. The summed E-state index contributed by atoms with van der Waals surface area (Å²) in [4.78, 5) is 24.5. The Balaban J connectivity index is 2.00. The van der Waals surface area contributed by atoms with Gasteiger partial charge in [-0.15, -0.1) is 0 Å². The highest BCUT2D eigenvalue weighted by Gasteiger charge is 2.16. The molecule has 0 spiro atoms. The second kappa shape index (κ2) is 9.09. The van der Waals surface area contributed by atoms with Crippen molar-refractivity contribution in [2.45, 2.75) is 39.7 Å². The quantitative estimate of drug-likeness (QED) is 0.640. The second-order valence-electron chi connectivity index (χ2n) is 7.73. The predicted molar refractivity (Wildman–Crippen MR) is 116 cm³/mol. The van der Waals surface area contributed by atoms with E-state index in [1.165, 1.54) is 0 Å². The number of anilines is 2. The minimum absolute atomic E-state index is 0.0509. The van der Waals surface area contributed by atoms with E-state index in [0.717, 1.165) is 0 Å².